The van der Waals surface area contributed by atoms with Gasteiger partial charge in [-0.15, -0.1) is 0 Å². The fourth-order valence-electron chi connectivity index (χ4n) is 1.61. The highest BCUT2D eigenvalue weighted by Gasteiger charge is 2.25. The van der Waals surface area contributed by atoms with E-state index in [1.165, 1.54) is 13.3 Å². The van der Waals surface area contributed by atoms with Crippen molar-refractivity contribution in [3.8, 4) is 0 Å². The maximum atomic E-state index is 11.8. The molecule has 0 aliphatic heterocycles. The Kier molecular flexibility index (Phi) is 3.99. The molecular formula is C13H17N3O3. The molecular weight excluding hydrogens is 246 g/mol. The maximum Gasteiger partial charge on any atom is 0.356 e. The number of ether oxygens (including phenoxy) is 1. The van der Waals surface area contributed by atoms with Gasteiger partial charge in [-0.1, -0.05) is 0 Å². The minimum absolute atomic E-state index is 0.0427. The quantitative estimate of drug-likeness (QED) is 0.773. The van der Waals surface area contributed by atoms with Gasteiger partial charge >= 0.3 is 5.97 Å². The van der Waals surface area contributed by atoms with Crippen LogP contribution in [0.4, 0.5) is 5.69 Å². The number of nitrogens with zero attached hydrogens (tertiary/aromatic N) is 1. The van der Waals surface area contributed by atoms with E-state index in [1.54, 1.807) is 19.1 Å². The Balaban J connectivity index is 1.97. The third kappa shape index (κ3) is 3.67. The van der Waals surface area contributed by atoms with Crippen molar-refractivity contribution in [2.45, 2.75) is 31.8 Å². The molecule has 1 amide bonds. The summed E-state index contributed by atoms with van der Waals surface area (Å²) >= 11 is 0. The van der Waals surface area contributed by atoms with Crippen molar-refractivity contribution < 1.29 is 14.3 Å². The van der Waals surface area contributed by atoms with Gasteiger partial charge in [0.1, 0.15) is 11.7 Å². The number of methoxy groups -OCH3 is 1. The number of hydrogen-bond acceptors (Lipinski definition) is 5. The summed E-state index contributed by atoms with van der Waals surface area (Å²) < 4.78 is 4.60. The number of carbonyl (C=O) groups is 2. The SMILES string of the molecule is COC(=O)c1cc(NC(C)C(=O)NC2CC2)ccn1. The molecule has 0 spiro atoms. The summed E-state index contributed by atoms with van der Waals surface area (Å²) in [6, 6.07) is 3.23. The second kappa shape index (κ2) is 5.69. The van der Waals surface area contributed by atoms with E-state index >= 15 is 0 Å². The molecule has 19 heavy (non-hydrogen) atoms. The van der Waals surface area contributed by atoms with Crippen molar-refractivity contribution in [1.29, 1.82) is 0 Å². The Hall–Kier alpha value is -2.11. The normalized spacial score (nSPS) is 15.5. The molecule has 6 nitrogen and oxygen atoms in total. The first-order chi connectivity index (χ1) is 9.10. The Morgan fingerprint density at radius 1 is 1.47 bits per heavy atom. The van der Waals surface area contributed by atoms with E-state index in [0.29, 0.717) is 11.7 Å². The zero-order valence-corrected chi connectivity index (χ0v) is 11.0. The highest BCUT2D eigenvalue weighted by molar-refractivity contribution is 5.89. The third-order valence-electron chi connectivity index (χ3n) is 2.85. The van der Waals surface area contributed by atoms with Crippen LogP contribution in [0.3, 0.4) is 0 Å². The number of hydrogen-bond donors (Lipinski definition) is 2. The molecule has 1 aliphatic rings. The molecule has 1 unspecified atom stereocenters. The standard InChI is InChI=1S/C13H17N3O3/c1-8(12(17)16-9-3-4-9)15-10-5-6-14-11(7-10)13(18)19-2/h5-9H,3-4H2,1-2H3,(H,14,15)(H,16,17). The summed E-state index contributed by atoms with van der Waals surface area (Å²) in [5.41, 5.74) is 0.871. The van der Waals surface area contributed by atoms with Crippen LogP contribution < -0.4 is 10.6 Å². The number of aromatic nitrogens is 1. The van der Waals surface area contributed by atoms with Gasteiger partial charge < -0.3 is 15.4 Å². The molecule has 0 aromatic carbocycles. The molecule has 0 saturated heterocycles. The van der Waals surface area contributed by atoms with Crippen LogP contribution in [0.5, 0.6) is 0 Å². The van der Waals surface area contributed by atoms with Crippen LogP contribution in [0.2, 0.25) is 0 Å². The Morgan fingerprint density at radius 3 is 2.84 bits per heavy atom. The van der Waals surface area contributed by atoms with E-state index in [-0.39, 0.29) is 17.6 Å². The summed E-state index contributed by atoms with van der Waals surface area (Å²) in [5.74, 6) is -0.544. The zero-order chi connectivity index (χ0) is 13.8. The first-order valence-corrected chi connectivity index (χ1v) is 6.21. The van der Waals surface area contributed by atoms with Crippen molar-refractivity contribution in [3.05, 3.63) is 24.0 Å². The van der Waals surface area contributed by atoms with Gasteiger partial charge in [0.25, 0.3) is 0 Å². The van der Waals surface area contributed by atoms with Crippen LogP contribution in [0.25, 0.3) is 0 Å². The van der Waals surface area contributed by atoms with Crippen LogP contribution in [0.15, 0.2) is 18.3 Å². The average molecular weight is 263 g/mol. The number of anilines is 1. The molecule has 0 radical (unpaired) electrons. The maximum absolute atomic E-state index is 11.8. The first-order valence-electron chi connectivity index (χ1n) is 6.21. The number of rotatable bonds is 5. The molecule has 1 aromatic heterocycles. The second-order valence-electron chi connectivity index (χ2n) is 4.57. The Labute approximate surface area is 111 Å². The zero-order valence-electron chi connectivity index (χ0n) is 11.0. The average Bonchev–Trinajstić information content (AvgIpc) is 3.22. The lowest BCUT2D eigenvalue weighted by Crippen LogP contribution is -2.38. The predicted molar refractivity (Wildman–Crippen MR) is 69.8 cm³/mol. The van der Waals surface area contributed by atoms with Crippen molar-refractivity contribution in [2.24, 2.45) is 0 Å². The number of esters is 1. The summed E-state index contributed by atoms with van der Waals surface area (Å²) in [5, 5.41) is 5.95. The molecule has 1 fully saturated rings. The highest BCUT2D eigenvalue weighted by Crippen LogP contribution is 2.19. The molecule has 1 aliphatic carbocycles. The van der Waals surface area contributed by atoms with E-state index in [9.17, 15) is 9.59 Å². The molecule has 2 N–H and O–H groups in total. The molecule has 0 bridgehead atoms. The number of carbonyl (C=O) groups excluding carboxylic acids is 2. The van der Waals surface area contributed by atoms with E-state index in [2.05, 4.69) is 20.4 Å². The van der Waals surface area contributed by atoms with E-state index in [4.69, 9.17) is 0 Å². The number of nitrogens with one attached hydrogen (secondary N) is 2. The molecule has 102 valence electrons. The Bertz CT molecular complexity index is 486. The minimum atomic E-state index is -0.501. The molecule has 1 aromatic rings. The van der Waals surface area contributed by atoms with Gasteiger partial charge in [0, 0.05) is 17.9 Å². The van der Waals surface area contributed by atoms with Crippen LogP contribution in [-0.4, -0.2) is 36.1 Å². The third-order valence-corrected chi connectivity index (χ3v) is 2.85. The van der Waals surface area contributed by atoms with Gasteiger partial charge in [-0.25, -0.2) is 9.78 Å². The Morgan fingerprint density at radius 2 is 2.21 bits per heavy atom. The second-order valence-corrected chi connectivity index (χ2v) is 4.57. The summed E-state index contributed by atoms with van der Waals surface area (Å²) in [6.07, 6.45) is 3.61. The van der Waals surface area contributed by atoms with Gasteiger partial charge in [-0.05, 0) is 31.9 Å². The predicted octanol–water partition coefficient (Wildman–Crippen LogP) is 0.947. The van der Waals surface area contributed by atoms with Gasteiger partial charge in [0.15, 0.2) is 0 Å². The van der Waals surface area contributed by atoms with Crippen LogP contribution in [0, 0.1) is 0 Å². The fraction of sp³-hybridized carbons (Fsp3) is 0.462. The first kappa shape index (κ1) is 13.3. The molecule has 6 heteroatoms. The molecule has 1 heterocycles. The number of pyridine rings is 1. The molecule has 1 saturated carbocycles. The van der Waals surface area contributed by atoms with E-state index in [1.807, 2.05) is 0 Å². The number of amides is 1. The smallest absolute Gasteiger partial charge is 0.356 e. The largest absolute Gasteiger partial charge is 0.464 e. The monoisotopic (exact) mass is 263 g/mol. The van der Waals surface area contributed by atoms with Crippen molar-refractivity contribution in [2.75, 3.05) is 12.4 Å². The van der Waals surface area contributed by atoms with Crippen molar-refractivity contribution in [1.82, 2.24) is 10.3 Å². The van der Waals surface area contributed by atoms with Crippen LogP contribution in [0.1, 0.15) is 30.3 Å². The summed E-state index contributed by atoms with van der Waals surface area (Å²) in [7, 11) is 1.30. The lowest BCUT2D eigenvalue weighted by molar-refractivity contribution is -0.121. The van der Waals surface area contributed by atoms with Crippen molar-refractivity contribution in [3.63, 3.8) is 0 Å². The van der Waals surface area contributed by atoms with Gasteiger partial charge in [-0.3, -0.25) is 4.79 Å². The fourth-order valence-corrected chi connectivity index (χ4v) is 1.61. The van der Waals surface area contributed by atoms with Crippen molar-refractivity contribution >= 4 is 17.6 Å². The lowest BCUT2D eigenvalue weighted by atomic mass is 10.2. The minimum Gasteiger partial charge on any atom is -0.464 e. The summed E-state index contributed by atoms with van der Waals surface area (Å²) in [4.78, 5) is 27.0. The van der Waals surface area contributed by atoms with Crippen LogP contribution in [-0.2, 0) is 9.53 Å². The van der Waals surface area contributed by atoms with Gasteiger partial charge in [0.2, 0.25) is 5.91 Å². The van der Waals surface area contributed by atoms with Crippen LogP contribution >= 0.6 is 0 Å². The molecule has 2 rings (SSSR count). The highest BCUT2D eigenvalue weighted by atomic mass is 16.5. The summed E-state index contributed by atoms with van der Waals surface area (Å²) in [6.45, 7) is 1.77. The van der Waals surface area contributed by atoms with E-state index in [0.717, 1.165) is 12.8 Å². The van der Waals surface area contributed by atoms with Gasteiger partial charge in [0.05, 0.1) is 7.11 Å². The topological polar surface area (TPSA) is 80.3 Å². The lowest BCUT2D eigenvalue weighted by Gasteiger charge is -2.15. The van der Waals surface area contributed by atoms with Gasteiger partial charge in [-0.2, -0.15) is 0 Å². The molecule has 1 atom stereocenters. The van der Waals surface area contributed by atoms with E-state index < -0.39 is 5.97 Å².